The average molecular weight is 256 g/mol. The molecule has 1 N–H and O–H groups in total. The fourth-order valence-corrected chi connectivity index (χ4v) is 3.40. The van der Waals surface area contributed by atoms with Crippen LogP contribution in [0, 0.1) is 11.3 Å². The van der Waals surface area contributed by atoms with Gasteiger partial charge in [0.15, 0.2) is 0 Å². The van der Waals surface area contributed by atoms with Crippen molar-refractivity contribution >= 4 is 5.69 Å². The van der Waals surface area contributed by atoms with E-state index in [2.05, 4.69) is 21.3 Å². The standard InChI is InChI=1S/C15H20N4/c16-11-12-10-13(6-8-17-12)19-9-2-1-5-15(19)14-4-3-7-18-14/h6,8,10,14-15,18H,1-5,7,9H2. The number of nitrogens with zero attached hydrogens (tertiary/aromatic N) is 3. The van der Waals surface area contributed by atoms with E-state index >= 15 is 0 Å². The van der Waals surface area contributed by atoms with Gasteiger partial charge in [-0.2, -0.15) is 5.26 Å². The van der Waals surface area contributed by atoms with Crippen LogP contribution in [-0.4, -0.2) is 30.2 Å². The molecule has 100 valence electrons. The number of hydrogen-bond acceptors (Lipinski definition) is 4. The van der Waals surface area contributed by atoms with E-state index in [4.69, 9.17) is 5.26 Å². The zero-order valence-electron chi connectivity index (χ0n) is 11.2. The fraction of sp³-hybridized carbons (Fsp3) is 0.600. The molecule has 2 aliphatic heterocycles. The lowest BCUT2D eigenvalue weighted by Gasteiger charge is -2.41. The normalized spacial score (nSPS) is 27.2. The summed E-state index contributed by atoms with van der Waals surface area (Å²) in [7, 11) is 0. The van der Waals surface area contributed by atoms with Gasteiger partial charge >= 0.3 is 0 Å². The Labute approximate surface area is 114 Å². The minimum Gasteiger partial charge on any atom is -0.367 e. The highest BCUT2D eigenvalue weighted by molar-refractivity contribution is 5.50. The van der Waals surface area contributed by atoms with Crippen LogP contribution in [0.15, 0.2) is 18.3 Å². The molecular weight excluding hydrogens is 236 g/mol. The fourth-order valence-electron chi connectivity index (χ4n) is 3.40. The first-order valence-corrected chi connectivity index (χ1v) is 7.24. The van der Waals surface area contributed by atoms with Gasteiger partial charge in [-0.1, -0.05) is 0 Å². The number of aromatic nitrogens is 1. The molecule has 0 spiro atoms. The Hall–Kier alpha value is -1.60. The molecule has 3 rings (SSSR count). The molecule has 0 amide bonds. The molecule has 1 aromatic rings. The minimum absolute atomic E-state index is 0.515. The monoisotopic (exact) mass is 256 g/mol. The quantitative estimate of drug-likeness (QED) is 0.880. The molecule has 0 radical (unpaired) electrons. The highest BCUT2D eigenvalue weighted by Gasteiger charge is 2.31. The van der Waals surface area contributed by atoms with Gasteiger partial charge in [-0.3, -0.25) is 0 Å². The molecule has 0 bridgehead atoms. The molecule has 2 saturated heterocycles. The van der Waals surface area contributed by atoms with Crippen molar-refractivity contribution in [2.45, 2.75) is 44.2 Å². The highest BCUT2D eigenvalue weighted by atomic mass is 15.2. The maximum atomic E-state index is 8.99. The number of pyridine rings is 1. The van der Waals surface area contributed by atoms with Crippen LogP contribution in [-0.2, 0) is 0 Å². The van der Waals surface area contributed by atoms with Crippen LogP contribution >= 0.6 is 0 Å². The summed E-state index contributed by atoms with van der Waals surface area (Å²) in [5.74, 6) is 0. The first-order valence-electron chi connectivity index (χ1n) is 7.24. The summed E-state index contributed by atoms with van der Waals surface area (Å²) in [5.41, 5.74) is 1.67. The zero-order valence-corrected chi connectivity index (χ0v) is 11.2. The van der Waals surface area contributed by atoms with Crippen molar-refractivity contribution in [3.05, 3.63) is 24.0 Å². The summed E-state index contributed by atoms with van der Waals surface area (Å²) in [5, 5.41) is 12.6. The summed E-state index contributed by atoms with van der Waals surface area (Å²) < 4.78 is 0. The first-order chi connectivity index (χ1) is 9.38. The van der Waals surface area contributed by atoms with Gasteiger partial charge in [-0.05, 0) is 50.8 Å². The van der Waals surface area contributed by atoms with Gasteiger partial charge in [0.2, 0.25) is 0 Å². The van der Waals surface area contributed by atoms with Gasteiger partial charge in [0.1, 0.15) is 11.8 Å². The molecule has 4 nitrogen and oxygen atoms in total. The second kappa shape index (κ2) is 5.58. The molecule has 4 heteroatoms. The summed E-state index contributed by atoms with van der Waals surface area (Å²) >= 11 is 0. The van der Waals surface area contributed by atoms with Gasteiger partial charge < -0.3 is 10.2 Å². The van der Waals surface area contributed by atoms with Crippen LogP contribution in [0.5, 0.6) is 0 Å². The number of rotatable bonds is 2. The van der Waals surface area contributed by atoms with Crippen molar-refractivity contribution in [2.24, 2.45) is 0 Å². The van der Waals surface area contributed by atoms with Gasteiger partial charge in [0, 0.05) is 30.5 Å². The predicted octanol–water partition coefficient (Wildman–Crippen LogP) is 2.06. The first kappa shape index (κ1) is 12.4. The second-order valence-corrected chi connectivity index (χ2v) is 5.47. The third-order valence-corrected chi connectivity index (χ3v) is 4.30. The maximum Gasteiger partial charge on any atom is 0.142 e. The van der Waals surface area contributed by atoms with E-state index in [1.54, 1.807) is 6.20 Å². The SMILES string of the molecule is N#Cc1cc(N2CCCCC2C2CCCN2)ccn1. The summed E-state index contributed by atoms with van der Waals surface area (Å²) in [4.78, 5) is 6.55. The average Bonchev–Trinajstić information content (AvgIpc) is 3.01. The van der Waals surface area contributed by atoms with Crippen LogP contribution in [0.3, 0.4) is 0 Å². The van der Waals surface area contributed by atoms with E-state index in [-0.39, 0.29) is 0 Å². The van der Waals surface area contributed by atoms with Crippen LogP contribution in [0.25, 0.3) is 0 Å². The van der Waals surface area contributed by atoms with Crippen molar-refractivity contribution in [1.82, 2.24) is 10.3 Å². The largest absolute Gasteiger partial charge is 0.367 e. The van der Waals surface area contributed by atoms with Crippen LogP contribution in [0.4, 0.5) is 5.69 Å². The zero-order chi connectivity index (χ0) is 13.1. The van der Waals surface area contributed by atoms with Crippen molar-refractivity contribution in [3.63, 3.8) is 0 Å². The number of hydrogen-bond donors (Lipinski definition) is 1. The number of piperidine rings is 1. The molecule has 0 saturated carbocycles. The van der Waals surface area contributed by atoms with Gasteiger partial charge in [-0.25, -0.2) is 4.98 Å². The second-order valence-electron chi connectivity index (χ2n) is 5.47. The predicted molar refractivity (Wildman–Crippen MR) is 75.0 cm³/mol. The van der Waals surface area contributed by atoms with Crippen molar-refractivity contribution in [2.75, 3.05) is 18.0 Å². The van der Waals surface area contributed by atoms with E-state index in [0.29, 0.717) is 17.8 Å². The molecule has 2 fully saturated rings. The maximum absolute atomic E-state index is 8.99. The molecular formula is C15H20N4. The van der Waals surface area contributed by atoms with Crippen LogP contribution < -0.4 is 10.2 Å². The van der Waals surface area contributed by atoms with Crippen molar-refractivity contribution in [3.8, 4) is 6.07 Å². The van der Waals surface area contributed by atoms with Crippen LogP contribution in [0.1, 0.15) is 37.8 Å². The molecule has 3 heterocycles. The highest BCUT2D eigenvalue weighted by Crippen LogP contribution is 2.29. The van der Waals surface area contributed by atoms with Gasteiger partial charge in [0.05, 0.1) is 0 Å². The van der Waals surface area contributed by atoms with E-state index in [9.17, 15) is 0 Å². The van der Waals surface area contributed by atoms with Gasteiger partial charge in [0.25, 0.3) is 0 Å². The van der Waals surface area contributed by atoms with Crippen LogP contribution in [0.2, 0.25) is 0 Å². The van der Waals surface area contributed by atoms with E-state index in [1.165, 1.54) is 32.1 Å². The lowest BCUT2D eigenvalue weighted by Crippen LogP contribution is -2.50. The Morgan fingerprint density at radius 3 is 3.05 bits per heavy atom. The molecule has 2 aliphatic rings. The number of nitriles is 1. The van der Waals surface area contributed by atoms with Crippen molar-refractivity contribution in [1.29, 1.82) is 5.26 Å². The van der Waals surface area contributed by atoms with Crippen molar-refractivity contribution < 1.29 is 0 Å². The molecule has 2 unspecified atom stereocenters. The van der Waals surface area contributed by atoms with E-state index < -0.39 is 0 Å². The lowest BCUT2D eigenvalue weighted by molar-refractivity contribution is 0.378. The van der Waals surface area contributed by atoms with E-state index in [1.807, 2.05) is 12.1 Å². The Kier molecular flexibility index (Phi) is 3.65. The minimum atomic E-state index is 0.515. The van der Waals surface area contributed by atoms with E-state index in [0.717, 1.165) is 18.8 Å². The summed E-state index contributed by atoms with van der Waals surface area (Å²) in [6.45, 7) is 2.24. The third-order valence-electron chi connectivity index (χ3n) is 4.30. The Balaban J connectivity index is 1.84. The summed E-state index contributed by atoms with van der Waals surface area (Å²) in [6.07, 6.45) is 8.12. The third kappa shape index (κ3) is 2.57. The number of anilines is 1. The summed E-state index contributed by atoms with van der Waals surface area (Å²) in [6, 6.07) is 7.28. The lowest BCUT2D eigenvalue weighted by atomic mass is 9.94. The van der Waals surface area contributed by atoms with Gasteiger partial charge in [-0.15, -0.1) is 0 Å². The topological polar surface area (TPSA) is 52.0 Å². The molecule has 0 aromatic carbocycles. The smallest absolute Gasteiger partial charge is 0.142 e. The Bertz CT molecular complexity index is 473. The molecule has 2 atom stereocenters. The number of nitrogens with one attached hydrogen (secondary N) is 1. The molecule has 0 aliphatic carbocycles. The molecule has 19 heavy (non-hydrogen) atoms. The molecule has 1 aromatic heterocycles. The Morgan fingerprint density at radius 1 is 1.32 bits per heavy atom. The Morgan fingerprint density at radius 2 is 2.26 bits per heavy atom.